The summed E-state index contributed by atoms with van der Waals surface area (Å²) < 4.78 is 0. The molecule has 0 saturated carbocycles. The van der Waals surface area contributed by atoms with Crippen molar-refractivity contribution >= 4 is 11.9 Å². The zero-order valence-corrected chi connectivity index (χ0v) is 12.3. The van der Waals surface area contributed by atoms with Gasteiger partial charge in [0.1, 0.15) is 0 Å². The van der Waals surface area contributed by atoms with Crippen LogP contribution in [0, 0.1) is 5.92 Å². The summed E-state index contributed by atoms with van der Waals surface area (Å²) >= 11 is 0. The van der Waals surface area contributed by atoms with Crippen molar-refractivity contribution in [2.75, 3.05) is 26.7 Å². The standard InChI is InChI=1S/C16H21N3O2/c1-17-16(21)18-7-6-12(9-18)10-19-11-14-5-3-2-4-13(14)8-15(19)20/h2-5,12H,6-11H2,1H3,(H,17,21). The average Bonchev–Trinajstić information content (AvgIpc) is 2.96. The Balaban J connectivity index is 1.62. The molecule has 1 unspecified atom stereocenters. The van der Waals surface area contributed by atoms with Crippen LogP contribution in [0.3, 0.4) is 0 Å². The van der Waals surface area contributed by atoms with E-state index >= 15 is 0 Å². The maximum Gasteiger partial charge on any atom is 0.317 e. The third-order valence-electron chi connectivity index (χ3n) is 4.44. The summed E-state index contributed by atoms with van der Waals surface area (Å²) in [6.45, 7) is 2.97. The van der Waals surface area contributed by atoms with Gasteiger partial charge in [0.25, 0.3) is 0 Å². The third kappa shape index (κ3) is 2.86. The molecule has 0 aliphatic carbocycles. The third-order valence-corrected chi connectivity index (χ3v) is 4.44. The predicted molar refractivity (Wildman–Crippen MR) is 79.7 cm³/mol. The van der Waals surface area contributed by atoms with E-state index in [1.165, 1.54) is 5.56 Å². The van der Waals surface area contributed by atoms with Crippen molar-refractivity contribution < 1.29 is 9.59 Å². The molecule has 1 saturated heterocycles. The van der Waals surface area contributed by atoms with Gasteiger partial charge in [-0.2, -0.15) is 0 Å². The first-order valence-corrected chi connectivity index (χ1v) is 7.48. The molecule has 2 heterocycles. The summed E-state index contributed by atoms with van der Waals surface area (Å²) in [7, 11) is 1.65. The molecule has 1 N–H and O–H groups in total. The van der Waals surface area contributed by atoms with E-state index < -0.39 is 0 Å². The number of nitrogens with zero attached hydrogens (tertiary/aromatic N) is 2. The fourth-order valence-corrected chi connectivity index (χ4v) is 3.26. The van der Waals surface area contributed by atoms with Crippen molar-refractivity contribution in [1.29, 1.82) is 0 Å². The fourth-order valence-electron chi connectivity index (χ4n) is 3.26. The minimum absolute atomic E-state index is 0.0205. The van der Waals surface area contributed by atoms with Crippen molar-refractivity contribution in [2.45, 2.75) is 19.4 Å². The highest BCUT2D eigenvalue weighted by molar-refractivity contribution is 5.81. The van der Waals surface area contributed by atoms with Crippen LogP contribution in [0.25, 0.3) is 0 Å². The van der Waals surface area contributed by atoms with Crippen LogP contribution in [0.5, 0.6) is 0 Å². The number of hydrogen-bond acceptors (Lipinski definition) is 2. The summed E-state index contributed by atoms with van der Waals surface area (Å²) in [5, 5.41) is 2.66. The second-order valence-electron chi connectivity index (χ2n) is 5.88. The topological polar surface area (TPSA) is 52.7 Å². The maximum absolute atomic E-state index is 12.2. The van der Waals surface area contributed by atoms with Gasteiger partial charge in [-0.15, -0.1) is 0 Å². The number of hydrogen-bond donors (Lipinski definition) is 1. The van der Waals surface area contributed by atoms with E-state index in [2.05, 4.69) is 11.4 Å². The molecule has 5 nitrogen and oxygen atoms in total. The molecule has 1 fully saturated rings. The molecule has 3 amide bonds. The number of amides is 3. The van der Waals surface area contributed by atoms with Crippen LogP contribution in [0.15, 0.2) is 24.3 Å². The van der Waals surface area contributed by atoms with Crippen LogP contribution in [0.2, 0.25) is 0 Å². The number of likely N-dealkylation sites (tertiary alicyclic amines) is 1. The Labute approximate surface area is 124 Å². The van der Waals surface area contributed by atoms with Gasteiger partial charge in [-0.25, -0.2) is 4.79 Å². The highest BCUT2D eigenvalue weighted by Gasteiger charge is 2.30. The van der Waals surface area contributed by atoms with E-state index in [0.717, 1.165) is 31.6 Å². The first kappa shape index (κ1) is 13.9. The molecule has 0 radical (unpaired) electrons. The Bertz CT molecular complexity index is 558. The second kappa shape index (κ2) is 5.76. The second-order valence-corrected chi connectivity index (χ2v) is 5.88. The Morgan fingerprint density at radius 3 is 2.86 bits per heavy atom. The normalized spacial score (nSPS) is 21.4. The van der Waals surface area contributed by atoms with Crippen molar-refractivity contribution in [2.24, 2.45) is 5.92 Å². The average molecular weight is 287 g/mol. The molecule has 1 aromatic carbocycles. The maximum atomic E-state index is 12.2. The molecule has 3 rings (SSSR count). The lowest BCUT2D eigenvalue weighted by atomic mass is 9.98. The van der Waals surface area contributed by atoms with Crippen molar-refractivity contribution in [3.8, 4) is 0 Å². The van der Waals surface area contributed by atoms with E-state index in [1.807, 2.05) is 28.0 Å². The van der Waals surface area contributed by atoms with E-state index in [0.29, 0.717) is 18.9 Å². The van der Waals surface area contributed by atoms with E-state index in [9.17, 15) is 9.59 Å². The molecular formula is C16H21N3O2. The van der Waals surface area contributed by atoms with Gasteiger partial charge in [-0.3, -0.25) is 4.79 Å². The molecule has 0 bridgehead atoms. The van der Waals surface area contributed by atoms with Gasteiger partial charge in [0, 0.05) is 33.2 Å². The quantitative estimate of drug-likeness (QED) is 0.889. The Morgan fingerprint density at radius 1 is 1.33 bits per heavy atom. The minimum Gasteiger partial charge on any atom is -0.341 e. The van der Waals surface area contributed by atoms with Crippen molar-refractivity contribution in [1.82, 2.24) is 15.1 Å². The first-order chi connectivity index (χ1) is 10.2. The zero-order chi connectivity index (χ0) is 14.8. The van der Waals surface area contributed by atoms with Crippen LogP contribution in [0.1, 0.15) is 17.5 Å². The Kier molecular flexibility index (Phi) is 3.82. The molecule has 0 spiro atoms. The van der Waals surface area contributed by atoms with Crippen molar-refractivity contribution in [3.63, 3.8) is 0 Å². The smallest absolute Gasteiger partial charge is 0.317 e. The molecular weight excluding hydrogens is 266 g/mol. The largest absolute Gasteiger partial charge is 0.341 e. The van der Waals surface area contributed by atoms with E-state index in [4.69, 9.17) is 0 Å². The molecule has 2 aliphatic heterocycles. The number of urea groups is 1. The highest BCUT2D eigenvalue weighted by atomic mass is 16.2. The molecule has 1 atom stereocenters. The lowest BCUT2D eigenvalue weighted by molar-refractivity contribution is -0.132. The number of carbonyl (C=O) groups is 2. The Morgan fingerprint density at radius 2 is 2.10 bits per heavy atom. The molecule has 2 aliphatic rings. The summed E-state index contributed by atoms with van der Waals surface area (Å²) in [5.74, 6) is 0.587. The van der Waals surface area contributed by atoms with E-state index in [-0.39, 0.29) is 11.9 Å². The molecule has 5 heteroatoms. The summed E-state index contributed by atoms with van der Waals surface area (Å²) in [5.41, 5.74) is 2.40. The number of carbonyl (C=O) groups excluding carboxylic acids is 2. The number of benzene rings is 1. The fraction of sp³-hybridized carbons (Fsp3) is 0.500. The van der Waals surface area contributed by atoms with Gasteiger partial charge >= 0.3 is 6.03 Å². The van der Waals surface area contributed by atoms with Crippen LogP contribution in [0.4, 0.5) is 4.79 Å². The van der Waals surface area contributed by atoms with Gasteiger partial charge in [0.05, 0.1) is 6.42 Å². The molecule has 21 heavy (non-hydrogen) atoms. The first-order valence-electron chi connectivity index (χ1n) is 7.48. The molecule has 1 aromatic rings. The van der Waals surface area contributed by atoms with Gasteiger partial charge in [0.15, 0.2) is 0 Å². The highest BCUT2D eigenvalue weighted by Crippen LogP contribution is 2.23. The molecule has 112 valence electrons. The van der Waals surface area contributed by atoms with Gasteiger partial charge in [0.2, 0.25) is 5.91 Å². The summed E-state index contributed by atoms with van der Waals surface area (Å²) in [6, 6.07) is 8.12. The van der Waals surface area contributed by atoms with Crippen LogP contribution in [-0.2, 0) is 17.8 Å². The number of fused-ring (bicyclic) bond motifs is 1. The number of rotatable bonds is 2. The van der Waals surface area contributed by atoms with Gasteiger partial charge in [-0.05, 0) is 23.5 Å². The van der Waals surface area contributed by atoms with Crippen LogP contribution in [-0.4, -0.2) is 48.4 Å². The Hall–Kier alpha value is -2.04. The van der Waals surface area contributed by atoms with Crippen LogP contribution >= 0.6 is 0 Å². The monoisotopic (exact) mass is 287 g/mol. The number of nitrogens with one attached hydrogen (secondary N) is 1. The summed E-state index contributed by atoms with van der Waals surface area (Å²) in [6.07, 6.45) is 1.47. The van der Waals surface area contributed by atoms with Gasteiger partial charge in [-0.1, -0.05) is 24.3 Å². The van der Waals surface area contributed by atoms with Crippen molar-refractivity contribution in [3.05, 3.63) is 35.4 Å². The summed E-state index contributed by atoms with van der Waals surface area (Å²) in [4.78, 5) is 27.6. The van der Waals surface area contributed by atoms with Crippen LogP contribution < -0.4 is 5.32 Å². The minimum atomic E-state index is -0.0205. The zero-order valence-electron chi connectivity index (χ0n) is 12.3. The van der Waals surface area contributed by atoms with Gasteiger partial charge < -0.3 is 15.1 Å². The SMILES string of the molecule is CNC(=O)N1CCC(CN2Cc3ccccc3CC2=O)C1. The van der Waals surface area contributed by atoms with E-state index in [1.54, 1.807) is 7.05 Å². The lowest BCUT2D eigenvalue weighted by Crippen LogP contribution is -2.41. The lowest BCUT2D eigenvalue weighted by Gasteiger charge is -2.30. The predicted octanol–water partition coefficient (Wildman–Crippen LogP) is 1.23. The molecule has 0 aromatic heterocycles.